The van der Waals surface area contributed by atoms with Gasteiger partial charge in [0, 0.05) is 10.9 Å². The lowest BCUT2D eigenvalue weighted by atomic mass is 9.88. The molecule has 0 amide bonds. The van der Waals surface area contributed by atoms with Crippen LogP contribution in [0.1, 0.15) is 37.4 Å². The largest absolute Gasteiger partial charge is 0.322 e. The Balaban J connectivity index is 2.35. The summed E-state index contributed by atoms with van der Waals surface area (Å²) in [6, 6.07) is 8.30. The molecule has 0 fully saturated rings. The van der Waals surface area contributed by atoms with Crippen LogP contribution in [0.2, 0.25) is 0 Å². The quantitative estimate of drug-likeness (QED) is 0.880. The van der Waals surface area contributed by atoms with Crippen LogP contribution in [0, 0.1) is 12.3 Å². The zero-order valence-corrected chi connectivity index (χ0v) is 12.2. The molecule has 1 heterocycles. The highest BCUT2D eigenvalue weighted by molar-refractivity contribution is 7.10. The maximum atomic E-state index is 6.25. The Morgan fingerprint density at radius 1 is 1.22 bits per heavy atom. The third-order valence-electron chi connectivity index (χ3n) is 3.14. The molecule has 0 aliphatic heterocycles. The molecule has 0 aliphatic carbocycles. The van der Waals surface area contributed by atoms with Gasteiger partial charge in [0.05, 0.1) is 11.7 Å². The van der Waals surface area contributed by atoms with Gasteiger partial charge in [0.25, 0.3) is 0 Å². The molecule has 0 bridgehead atoms. The van der Waals surface area contributed by atoms with Crippen LogP contribution in [0.25, 0.3) is 11.3 Å². The van der Waals surface area contributed by atoms with E-state index in [1.165, 1.54) is 11.1 Å². The Bertz CT molecular complexity index is 537. The van der Waals surface area contributed by atoms with Gasteiger partial charge >= 0.3 is 0 Å². The fraction of sp³-hybridized carbons (Fsp3) is 0.400. The lowest BCUT2D eigenvalue weighted by Crippen LogP contribution is -2.26. The molecule has 1 aromatic heterocycles. The molecule has 18 heavy (non-hydrogen) atoms. The lowest BCUT2D eigenvalue weighted by Gasteiger charge is -2.24. The first-order valence-corrected chi connectivity index (χ1v) is 7.04. The van der Waals surface area contributed by atoms with Gasteiger partial charge in [-0.05, 0) is 17.9 Å². The number of thiazole rings is 1. The van der Waals surface area contributed by atoms with Crippen molar-refractivity contribution in [3.8, 4) is 11.3 Å². The summed E-state index contributed by atoms with van der Waals surface area (Å²) in [6.07, 6.45) is 0. The van der Waals surface area contributed by atoms with E-state index in [4.69, 9.17) is 10.7 Å². The van der Waals surface area contributed by atoms with Gasteiger partial charge < -0.3 is 5.73 Å². The summed E-state index contributed by atoms with van der Waals surface area (Å²) in [5, 5.41) is 3.12. The molecule has 1 unspecified atom stereocenters. The van der Waals surface area contributed by atoms with Crippen molar-refractivity contribution < 1.29 is 0 Å². The monoisotopic (exact) mass is 260 g/mol. The number of benzene rings is 1. The molecule has 2 rings (SSSR count). The highest BCUT2D eigenvalue weighted by atomic mass is 32.1. The van der Waals surface area contributed by atoms with Crippen LogP contribution < -0.4 is 5.73 Å². The molecule has 2 aromatic rings. The smallest absolute Gasteiger partial charge is 0.111 e. The SMILES string of the molecule is Cc1ccccc1-c1csc(C(N)C(C)(C)C)n1. The van der Waals surface area contributed by atoms with Gasteiger partial charge in [0.2, 0.25) is 0 Å². The highest BCUT2D eigenvalue weighted by Gasteiger charge is 2.25. The van der Waals surface area contributed by atoms with Crippen molar-refractivity contribution in [1.29, 1.82) is 0 Å². The molecule has 2 N–H and O–H groups in total. The van der Waals surface area contributed by atoms with E-state index in [9.17, 15) is 0 Å². The highest BCUT2D eigenvalue weighted by Crippen LogP contribution is 2.34. The van der Waals surface area contributed by atoms with Crippen molar-refractivity contribution in [2.45, 2.75) is 33.7 Å². The predicted molar refractivity (Wildman–Crippen MR) is 78.7 cm³/mol. The Hall–Kier alpha value is -1.19. The summed E-state index contributed by atoms with van der Waals surface area (Å²) in [6.45, 7) is 8.55. The molecule has 1 atom stereocenters. The normalized spacial score (nSPS) is 13.6. The Labute approximate surface area is 113 Å². The number of hydrogen-bond acceptors (Lipinski definition) is 3. The van der Waals surface area contributed by atoms with E-state index >= 15 is 0 Å². The van der Waals surface area contributed by atoms with Crippen LogP contribution in [0.4, 0.5) is 0 Å². The van der Waals surface area contributed by atoms with Gasteiger partial charge in [-0.25, -0.2) is 4.98 Å². The average Bonchev–Trinajstić information content (AvgIpc) is 2.76. The maximum Gasteiger partial charge on any atom is 0.111 e. The van der Waals surface area contributed by atoms with Gasteiger partial charge in [-0.1, -0.05) is 45.0 Å². The molecule has 1 aromatic carbocycles. The number of nitrogens with two attached hydrogens (primary N) is 1. The second kappa shape index (κ2) is 4.82. The first-order valence-electron chi connectivity index (χ1n) is 6.16. The first-order chi connectivity index (χ1) is 8.39. The third-order valence-corrected chi connectivity index (χ3v) is 4.07. The molecule has 96 valence electrons. The van der Waals surface area contributed by atoms with Gasteiger partial charge in [0.15, 0.2) is 0 Å². The lowest BCUT2D eigenvalue weighted by molar-refractivity contribution is 0.326. The molecular weight excluding hydrogens is 240 g/mol. The van der Waals surface area contributed by atoms with Crippen LogP contribution in [0.5, 0.6) is 0 Å². The minimum Gasteiger partial charge on any atom is -0.322 e. The zero-order valence-electron chi connectivity index (χ0n) is 11.4. The first kappa shape index (κ1) is 13.2. The van der Waals surface area contributed by atoms with E-state index in [1.54, 1.807) is 11.3 Å². The van der Waals surface area contributed by atoms with Gasteiger partial charge in [-0.3, -0.25) is 0 Å². The van der Waals surface area contributed by atoms with Crippen molar-refractivity contribution in [3.63, 3.8) is 0 Å². The maximum absolute atomic E-state index is 6.25. The molecular formula is C15H20N2S. The van der Waals surface area contributed by atoms with Gasteiger partial charge in [-0.2, -0.15) is 0 Å². The minimum absolute atomic E-state index is 0.0136. The number of nitrogens with zero attached hydrogens (tertiary/aromatic N) is 1. The van der Waals surface area contributed by atoms with Crippen molar-refractivity contribution >= 4 is 11.3 Å². The second-order valence-corrected chi connectivity index (χ2v) is 6.62. The van der Waals surface area contributed by atoms with E-state index in [0.29, 0.717) is 0 Å². The number of aromatic nitrogens is 1. The Morgan fingerprint density at radius 2 is 1.89 bits per heavy atom. The fourth-order valence-corrected chi connectivity index (χ4v) is 2.85. The third kappa shape index (κ3) is 2.62. The Kier molecular flexibility index (Phi) is 3.55. The number of rotatable bonds is 2. The predicted octanol–water partition coefficient (Wildman–Crippen LogP) is 4.16. The molecule has 0 radical (unpaired) electrons. The van der Waals surface area contributed by atoms with Crippen LogP contribution in [-0.4, -0.2) is 4.98 Å². The van der Waals surface area contributed by atoms with Crippen LogP contribution >= 0.6 is 11.3 Å². The molecule has 0 aliphatic rings. The summed E-state index contributed by atoms with van der Waals surface area (Å²) in [5.74, 6) is 0. The van der Waals surface area contributed by atoms with E-state index < -0.39 is 0 Å². The summed E-state index contributed by atoms with van der Waals surface area (Å²) in [4.78, 5) is 4.70. The van der Waals surface area contributed by atoms with Crippen LogP contribution in [-0.2, 0) is 0 Å². The summed E-state index contributed by atoms with van der Waals surface area (Å²) in [5.41, 5.74) is 9.77. The minimum atomic E-state index is -0.0136. The summed E-state index contributed by atoms with van der Waals surface area (Å²) in [7, 11) is 0. The summed E-state index contributed by atoms with van der Waals surface area (Å²) >= 11 is 1.65. The van der Waals surface area contributed by atoms with E-state index in [-0.39, 0.29) is 11.5 Å². The van der Waals surface area contributed by atoms with Crippen molar-refractivity contribution in [1.82, 2.24) is 4.98 Å². The van der Waals surface area contributed by atoms with Crippen molar-refractivity contribution in [3.05, 3.63) is 40.2 Å². The average molecular weight is 260 g/mol. The number of aryl methyl sites for hydroxylation is 1. The molecule has 0 saturated heterocycles. The molecule has 2 nitrogen and oxygen atoms in total. The van der Waals surface area contributed by atoms with Crippen molar-refractivity contribution in [2.24, 2.45) is 11.1 Å². The topological polar surface area (TPSA) is 38.9 Å². The number of hydrogen-bond donors (Lipinski definition) is 1. The van der Waals surface area contributed by atoms with Crippen LogP contribution in [0.15, 0.2) is 29.6 Å². The zero-order chi connectivity index (χ0) is 13.3. The molecule has 0 saturated carbocycles. The van der Waals surface area contributed by atoms with Crippen molar-refractivity contribution in [2.75, 3.05) is 0 Å². The van der Waals surface area contributed by atoms with Gasteiger partial charge in [0.1, 0.15) is 5.01 Å². The Morgan fingerprint density at radius 3 is 2.50 bits per heavy atom. The molecule has 3 heteroatoms. The van der Waals surface area contributed by atoms with E-state index in [0.717, 1.165) is 10.7 Å². The summed E-state index contributed by atoms with van der Waals surface area (Å²) < 4.78 is 0. The molecule has 0 spiro atoms. The van der Waals surface area contributed by atoms with E-state index in [1.807, 2.05) is 12.1 Å². The van der Waals surface area contributed by atoms with Gasteiger partial charge in [-0.15, -0.1) is 11.3 Å². The second-order valence-electron chi connectivity index (χ2n) is 5.73. The standard InChI is InChI=1S/C15H20N2S/c1-10-7-5-6-8-11(10)12-9-18-14(17-12)13(16)15(2,3)4/h5-9,13H,16H2,1-4H3. The van der Waals surface area contributed by atoms with Crippen LogP contribution in [0.3, 0.4) is 0 Å². The van der Waals surface area contributed by atoms with E-state index in [2.05, 4.69) is 45.2 Å². The fourth-order valence-electron chi connectivity index (χ4n) is 1.78.